The first-order valence-corrected chi connectivity index (χ1v) is 12.5. The van der Waals surface area contributed by atoms with Crippen molar-refractivity contribution in [1.29, 1.82) is 0 Å². The minimum atomic E-state index is -0.930. The molecule has 1 fully saturated rings. The number of hydrogen-bond acceptors (Lipinski definition) is 7. The lowest BCUT2D eigenvalue weighted by Crippen LogP contribution is -2.29. The standard InChI is InChI=1S/C29H26N2O5S/c1-15-12-17(3)24-22(13-15)37-29(30-24)31-25(19-8-6-7-9-21(19)36-5)23(27(33)28(31)34)26(32)18-10-11-20(35-4)16(2)14-18/h6-14,25,32H,1-5H3/b26-23+/t25-/m0/s1. The highest BCUT2D eigenvalue weighted by molar-refractivity contribution is 7.22. The predicted octanol–water partition coefficient (Wildman–Crippen LogP) is 5.87. The smallest absolute Gasteiger partial charge is 0.301 e. The molecule has 0 saturated carbocycles. The van der Waals surface area contributed by atoms with Crippen molar-refractivity contribution in [3.63, 3.8) is 0 Å². The summed E-state index contributed by atoms with van der Waals surface area (Å²) >= 11 is 1.34. The van der Waals surface area contributed by atoms with Crippen molar-refractivity contribution >= 4 is 44.1 Å². The predicted molar refractivity (Wildman–Crippen MR) is 145 cm³/mol. The number of rotatable bonds is 5. The van der Waals surface area contributed by atoms with E-state index in [1.54, 1.807) is 43.5 Å². The third-order valence-corrected chi connectivity index (χ3v) is 7.57. The molecular formula is C29H26N2O5S. The Morgan fingerprint density at radius 1 is 0.946 bits per heavy atom. The third-order valence-electron chi connectivity index (χ3n) is 6.57. The lowest BCUT2D eigenvalue weighted by molar-refractivity contribution is -0.132. The van der Waals surface area contributed by atoms with Gasteiger partial charge in [-0.05, 0) is 67.8 Å². The number of aromatic nitrogens is 1. The van der Waals surface area contributed by atoms with E-state index < -0.39 is 17.7 Å². The molecule has 2 heterocycles. The third kappa shape index (κ3) is 4.03. The molecule has 188 valence electrons. The van der Waals surface area contributed by atoms with Crippen molar-refractivity contribution < 1.29 is 24.2 Å². The molecule has 37 heavy (non-hydrogen) atoms. The Balaban J connectivity index is 1.77. The Morgan fingerprint density at radius 3 is 2.38 bits per heavy atom. The number of nitrogens with zero attached hydrogens (tertiary/aromatic N) is 2. The number of ether oxygens (including phenoxy) is 2. The number of thiazole rings is 1. The molecule has 0 spiro atoms. The number of aliphatic hydroxyl groups is 1. The van der Waals surface area contributed by atoms with Gasteiger partial charge in [-0.3, -0.25) is 14.5 Å². The van der Waals surface area contributed by atoms with Crippen LogP contribution in [0.15, 0.2) is 60.2 Å². The second-order valence-electron chi connectivity index (χ2n) is 9.02. The fourth-order valence-electron chi connectivity index (χ4n) is 4.86. The highest BCUT2D eigenvalue weighted by Gasteiger charge is 2.49. The van der Waals surface area contributed by atoms with E-state index in [9.17, 15) is 14.7 Å². The number of Topliss-reactive ketones (excluding diaryl/α,β-unsaturated/α-hetero) is 1. The summed E-state index contributed by atoms with van der Waals surface area (Å²) in [5, 5.41) is 11.8. The van der Waals surface area contributed by atoms with Crippen LogP contribution in [0, 0.1) is 20.8 Å². The minimum Gasteiger partial charge on any atom is -0.507 e. The van der Waals surface area contributed by atoms with Gasteiger partial charge in [0.25, 0.3) is 5.78 Å². The SMILES string of the molecule is COc1ccc(/C(O)=C2\C(=O)C(=O)N(c3nc4c(C)cc(C)cc4s3)[C@H]2c2ccccc2OC)cc1C. The van der Waals surface area contributed by atoms with Gasteiger partial charge < -0.3 is 14.6 Å². The van der Waals surface area contributed by atoms with Crippen molar-refractivity contribution in [3.8, 4) is 11.5 Å². The van der Waals surface area contributed by atoms with E-state index >= 15 is 0 Å². The van der Waals surface area contributed by atoms with Crippen molar-refractivity contribution in [3.05, 3.63) is 88.0 Å². The van der Waals surface area contributed by atoms with Crippen LogP contribution in [0.3, 0.4) is 0 Å². The average Bonchev–Trinajstić information content (AvgIpc) is 3.42. The highest BCUT2D eigenvalue weighted by atomic mass is 32.1. The van der Waals surface area contributed by atoms with Crippen LogP contribution in [-0.4, -0.2) is 36.0 Å². The molecule has 1 saturated heterocycles. The number of carbonyl (C=O) groups excluding carboxylic acids is 2. The summed E-state index contributed by atoms with van der Waals surface area (Å²) in [5.41, 5.74) is 4.58. The lowest BCUT2D eigenvalue weighted by Gasteiger charge is -2.24. The van der Waals surface area contributed by atoms with Gasteiger partial charge in [0, 0.05) is 11.1 Å². The molecule has 0 radical (unpaired) electrons. The molecule has 5 rings (SSSR count). The zero-order valence-electron chi connectivity index (χ0n) is 21.2. The van der Waals surface area contributed by atoms with Gasteiger partial charge in [-0.15, -0.1) is 0 Å². The number of ketones is 1. The molecule has 4 aromatic rings. The minimum absolute atomic E-state index is 0.0220. The maximum atomic E-state index is 13.6. The molecule has 7 nitrogen and oxygen atoms in total. The summed E-state index contributed by atoms with van der Waals surface area (Å²) in [5.74, 6) is -0.663. The number of anilines is 1. The molecule has 0 bridgehead atoms. The zero-order valence-corrected chi connectivity index (χ0v) is 22.0. The van der Waals surface area contributed by atoms with Crippen LogP contribution in [0.5, 0.6) is 11.5 Å². The quantitative estimate of drug-likeness (QED) is 0.204. The van der Waals surface area contributed by atoms with Crippen LogP contribution in [0.2, 0.25) is 0 Å². The summed E-state index contributed by atoms with van der Waals surface area (Å²) in [7, 11) is 3.10. The fraction of sp³-hybridized carbons (Fsp3) is 0.207. The number of methoxy groups -OCH3 is 2. The molecule has 1 amide bonds. The van der Waals surface area contributed by atoms with Crippen molar-refractivity contribution in [1.82, 2.24) is 4.98 Å². The number of fused-ring (bicyclic) bond motifs is 1. The van der Waals surface area contributed by atoms with Crippen LogP contribution in [-0.2, 0) is 9.59 Å². The Morgan fingerprint density at radius 2 is 1.68 bits per heavy atom. The van der Waals surface area contributed by atoms with E-state index in [2.05, 4.69) is 0 Å². The van der Waals surface area contributed by atoms with Gasteiger partial charge in [-0.25, -0.2) is 4.98 Å². The Hall–Kier alpha value is -4.17. The molecule has 1 aliphatic rings. The van der Waals surface area contributed by atoms with Gasteiger partial charge in [0.05, 0.1) is 30.0 Å². The van der Waals surface area contributed by atoms with Crippen molar-refractivity contribution in [2.45, 2.75) is 26.8 Å². The van der Waals surface area contributed by atoms with E-state index in [0.29, 0.717) is 27.8 Å². The maximum Gasteiger partial charge on any atom is 0.301 e. The summed E-state index contributed by atoms with van der Waals surface area (Å²) in [6, 6.07) is 15.4. The second kappa shape index (κ2) is 9.37. The lowest BCUT2D eigenvalue weighted by atomic mass is 9.94. The molecular weight excluding hydrogens is 488 g/mol. The van der Waals surface area contributed by atoms with Gasteiger partial charge in [-0.2, -0.15) is 0 Å². The highest BCUT2D eigenvalue weighted by Crippen LogP contribution is 2.47. The zero-order chi connectivity index (χ0) is 26.4. The van der Waals surface area contributed by atoms with Gasteiger partial charge in [0.2, 0.25) is 0 Å². The summed E-state index contributed by atoms with van der Waals surface area (Å²) < 4.78 is 11.9. The van der Waals surface area contributed by atoms with Crippen LogP contribution in [0.4, 0.5) is 5.13 Å². The molecule has 3 aromatic carbocycles. The van der Waals surface area contributed by atoms with Gasteiger partial charge >= 0.3 is 5.91 Å². The van der Waals surface area contributed by atoms with Crippen LogP contribution < -0.4 is 14.4 Å². The summed E-state index contributed by atoms with van der Waals surface area (Å²) in [6.07, 6.45) is 0. The van der Waals surface area contributed by atoms with E-state index in [4.69, 9.17) is 14.5 Å². The number of amides is 1. The molecule has 8 heteroatoms. The first-order chi connectivity index (χ1) is 17.7. The average molecular weight is 515 g/mol. The van der Waals surface area contributed by atoms with Crippen LogP contribution in [0.1, 0.15) is 33.9 Å². The maximum absolute atomic E-state index is 13.6. The van der Waals surface area contributed by atoms with Crippen molar-refractivity contribution in [2.75, 3.05) is 19.1 Å². The number of aliphatic hydroxyl groups excluding tert-OH is 1. The summed E-state index contributed by atoms with van der Waals surface area (Å²) in [4.78, 5) is 33.2. The number of hydrogen-bond donors (Lipinski definition) is 1. The van der Waals surface area contributed by atoms with Gasteiger partial charge in [0.15, 0.2) is 5.13 Å². The molecule has 1 aliphatic heterocycles. The van der Waals surface area contributed by atoms with Gasteiger partial charge in [-0.1, -0.05) is 35.6 Å². The van der Waals surface area contributed by atoms with E-state index in [1.165, 1.54) is 23.3 Å². The Bertz CT molecular complexity index is 1600. The molecule has 1 aromatic heterocycles. The topological polar surface area (TPSA) is 89.0 Å². The molecule has 0 unspecified atom stereocenters. The van der Waals surface area contributed by atoms with Crippen LogP contribution >= 0.6 is 11.3 Å². The first-order valence-electron chi connectivity index (χ1n) is 11.7. The number of aryl methyl sites for hydroxylation is 3. The first kappa shape index (κ1) is 24.5. The van der Waals surface area contributed by atoms with E-state index in [1.807, 2.05) is 39.0 Å². The number of benzene rings is 3. The van der Waals surface area contributed by atoms with E-state index in [-0.39, 0.29) is 11.3 Å². The Labute approximate surface area is 218 Å². The van der Waals surface area contributed by atoms with Crippen molar-refractivity contribution in [2.24, 2.45) is 0 Å². The normalized spacial score (nSPS) is 17.0. The molecule has 1 atom stereocenters. The van der Waals surface area contributed by atoms with Gasteiger partial charge in [0.1, 0.15) is 23.3 Å². The van der Waals surface area contributed by atoms with E-state index in [0.717, 1.165) is 26.9 Å². The Kier molecular flexibility index (Phi) is 6.21. The summed E-state index contributed by atoms with van der Waals surface area (Å²) in [6.45, 7) is 5.82. The second-order valence-corrected chi connectivity index (χ2v) is 10.0. The largest absolute Gasteiger partial charge is 0.507 e. The number of para-hydroxylation sites is 1. The number of carbonyl (C=O) groups is 2. The van der Waals surface area contributed by atoms with Crippen LogP contribution in [0.25, 0.3) is 16.0 Å². The molecule has 0 aliphatic carbocycles. The monoisotopic (exact) mass is 514 g/mol. The molecule has 1 N–H and O–H groups in total. The fourth-order valence-corrected chi connectivity index (χ4v) is 6.03.